The number of hydrogen-bond acceptors (Lipinski definition) is 3. The van der Waals surface area contributed by atoms with Crippen LogP contribution in [0, 0.1) is 19.7 Å². The minimum absolute atomic E-state index is 0.0330. The van der Waals surface area contributed by atoms with E-state index in [-0.39, 0.29) is 11.1 Å². The van der Waals surface area contributed by atoms with E-state index in [4.69, 9.17) is 16.0 Å². The van der Waals surface area contributed by atoms with Crippen LogP contribution in [-0.2, 0) is 6.54 Å². The Morgan fingerprint density at radius 1 is 1.42 bits per heavy atom. The highest BCUT2D eigenvalue weighted by atomic mass is 35.5. The van der Waals surface area contributed by atoms with Crippen molar-refractivity contribution in [1.29, 1.82) is 0 Å². The summed E-state index contributed by atoms with van der Waals surface area (Å²) >= 11 is 5.77. The topological polar surface area (TPSA) is 38.1 Å². The average Bonchev–Trinajstić information content (AvgIpc) is 2.69. The standard InChI is InChI=1S/C14H16ClFN2O/c1-8-10(3)19-14(18-8)7-17-9(2)11-4-5-13(16)12(15)6-11/h4-6,9,17H,7H2,1-3H3. The Balaban J connectivity index is 2.00. The quantitative estimate of drug-likeness (QED) is 0.923. The summed E-state index contributed by atoms with van der Waals surface area (Å²) in [5.74, 6) is 1.07. The predicted molar refractivity (Wildman–Crippen MR) is 72.6 cm³/mol. The van der Waals surface area contributed by atoms with Gasteiger partial charge in [-0.05, 0) is 38.5 Å². The first kappa shape index (κ1) is 14.0. The van der Waals surface area contributed by atoms with Gasteiger partial charge in [0, 0.05) is 6.04 Å². The predicted octanol–water partition coefficient (Wildman–Crippen LogP) is 3.93. The van der Waals surface area contributed by atoms with Crippen LogP contribution in [0.2, 0.25) is 5.02 Å². The van der Waals surface area contributed by atoms with Crippen LogP contribution in [0.25, 0.3) is 0 Å². The summed E-state index contributed by atoms with van der Waals surface area (Å²) in [5, 5.41) is 3.40. The van der Waals surface area contributed by atoms with Crippen LogP contribution >= 0.6 is 11.6 Å². The molecule has 0 saturated heterocycles. The smallest absolute Gasteiger partial charge is 0.208 e. The molecule has 5 heteroatoms. The maximum absolute atomic E-state index is 13.1. The van der Waals surface area contributed by atoms with Gasteiger partial charge >= 0.3 is 0 Å². The van der Waals surface area contributed by atoms with Gasteiger partial charge in [-0.1, -0.05) is 17.7 Å². The first-order chi connectivity index (χ1) is 8.97. The fraction of sp³-hybridized carbons (Fsp3) is 0.357. The Labute approximate surface area is 116 Å². The Bertz CT molecular complexity index is 563. The van der Waals surface area contributed by atoms with Crippen molar-refractivity contribution in [3.8, 4) is 0 Å². The second-order valence-corrected chi connectivity index (χ2v) is 4.93. The maximum Gasteiger partial charge on any atom is 0.208 e. The molecule has 1 N–H and O–H groups in total. The molecule has 0 amide bonds. The molecule has 1 heterocycles. The van der Waals surface area contributed by atoms with E-state index in [1.807, 2.05) is 20.8 Å². The van der Waals surface area contributed by atoms with E-state index in [0.717, 1.165) is 17.0 Å². The molecule has 0 radical (unpaired) electrons. The second-order valence-electron chi connectivity index (χ2n) is 4.53. The van der Waals surface area contributed by atoms with Crippen molar-refractivity contribution >= 4 is 11.6 Å². The second kappa shape index (κ2) is 5.72. The average molecular weight is 283 g/mol. The summed E-state index contributed by atoms with van der Waals surface area (Å²) in [7, 11) is 0. The summed E-state index contributed by atoms with van der Waals surface area (Å²) in [4.78, 5) is 4.29. The highest BCUT2D eigenvalue weighted by Gasteiger charge is 2.10. The molecule has 1 aromatic carbocycles. The number of nitrogens with one attached hydrogen (secondary N) is 1. The number of halogens is 2. The van der Waals surface area contributed by atoms with Crippen molar-refractivity contribution in [1.82, 2.24) is 10.3 Å². The highest BCUT2D eigenvalue weighted by Crippen LogP contribution is 2.21. The van der Waals surface area contributed by atoms with E-state index in [1.165, 1.54) is 6.07 Å². The fourth-order valence-electron chi connectivity index (χ4n) is 1.75. The molecule has 1 atom stereocenters. The van der Waals surface area contributed by atoms with E-state index in [9.17, 15) is 4.39 Å². The van der Waals surface area contributed by atoms with Gasteiger partial charge in [0.15, 0.2) is 0 Å². The largest absolute Gasteiger partial charge is 0.444 e. The van der Waals surface area contributed by atoms with E-state index in [1.54, 1.807) is 12.1 Å². The molecular weight excluding hydrogens is 267 g/mol. The molecule has 2 aromatic rings. The van der Waals surface area contributed by atoms with Crippen molar-refractivity contribution < 1.29 is 8.81 Å². The molecule has 3 nitrogen and oxygen atoms in total. The van der Waals surface area contributed by atoms with Crippen LogP contribution in [0.3, 0.4) is 0 Å². The van der Waals surface area contributed by atoms with E-state index in [2.05, 4.69) is 10.3 Å². The molecule has 0 saturated carbocycles. The van der Waals surface area contributed by atoms with Gasteiger partial charge in [0.2, 0.25) is 5.89 Å². The van der Waals surface area contributed by atoms with E-state index < -0.39 is 5.82 Å². The number of rotatable bonds is 4. The summed E-state index contributed by atoms with van der Waals surface area (Å²) < 4.78 is 18.6. The first-order valence-corrected chi connectivity index (χ1v) is 6.46. The molecular formula is C14H16ClFN2O. The zero-order valence-electron chi connectivity index (χ0n) is 11.1. The third kappa shape index (κ3) is 3.33. The minimum Gasteiger partial charge on any atom is -0.444 e. The molecule has 0 bridgehead atoms. The maximum atomic E-state index is 13.1. The number of nitrogens with zero attached hydrogens (tertiary/aromatic N) is 1. The first-order valence-electron chi connectivity index (χ1n) is 6.08. The number of oxazole rings is 1. The summed E-state index contributed by atoms with van der Waals surface area (Å²) in [6.45, 7) is 6.29. The van der Waals surface area contributed by atoms with Crippen molar-refractivity contribution in [2.24, 2.45) is 0 Å². The molecule has 0 spiro atoms. The fourth-order valence-corrected chi connectivity index (χ4v) is 1.94. The highest BCUT2D eigenvalue weighted by molar-refractivity contribution is 6.30. The van der Waals surface area contributed by atoms with Gasteiger partial charge in [-0.3, -0.25) is 0 Å². The molecule has 102 valence electrons. The Morgan fingerprint density at radius 3 is 2.74 bits per heavy atom. The summed E-state index contributed by atoms with van der Waals surface area (Å²) in [6, 6.07) is 4.74. The van der Waals surface area contributed by atoms with Crippen LogP contribution < -0.4 is 5.32 Å². The number of hydrogen-bond donors (Lipinski definition) is 1. The monoisotopic (exact) mass is 282 g/mol. The van der Waals surface area contributed by atoms with Crippen molar-refractivity contribution in [3.05, 3.63) is 51.9 Å². The normalized spacial score (nSPS) is 12.7. The lowest BCUT2D eigenvalue weighted by Gasteiger charge is -2.13. The zero-order chi connectivity index (χ0) is 14.0. The molecule has 2 rings (SSSR count). The zero-order valence-corrected chi connectivity index (χ0v) is 11.9. The van der Waals surface area contributed by atoms with Crippen LogP contribution in [0.15, 0.2) is 22.6 Å². The molecule has 0 fully saturated rings. The minimum atomic E-state index is -0.406. The van der Waals surface area contributed by atoms with Crippen LogP contribution in [0.5, 0.6) is 0 Å². The Morgan fingerprint density at radius 2 is 2.16 bits per heavy atom. The Hall–Kier alpha value is -1.39. The number of benzene rings is 1. The van der Waals surface area contributed by atoms with Crippen LogP contribution in [-0.4, -0.2) is 4.98 Å². The van der Waals surface area contributed by atoms with E-state index >= 15 is 0 Å². The molecule has 19 heavy (non-hydrogen) atoms. The number of aromatic nitrogens is 1. The summed E-state index contributed by atoms with van der Waals surface area (Å²) in [5.41, 5.74) is 1.82. The van der Waals surface area contributed by atoms with Crippen molar-refractivity contribution in [2.75, 3.05) is 0 Å². The molecule has 0 aliphatic carbocycles. The molecule has 1 unspecified atom stereocenters. The summed E-state index contributed by atoms with van der Waals surface area (Å²) in [6.07, 6.45) is 0. The molecule has 0 aliphatic heterocycles. The van der Waals surface area contributed by atoms with Crippen LogP contribution in [0.4, 0.5) is 4.39 Å². The number of aryl methyl sites for hydroxylation is 2. The van der Waals surface area contributed by atoms with Crippen LogP contribution in [0.1, 0.15) is 35.9 Å². The van der Waals surface area contributed by atoms with Crippen molar-refractivity contribution in [2.45, 2.75) is 33.4 Å². The third-order valence-electron chi connectivity index (χ3n) is 3.08. The van der Waals surface area contributed by atoms with Gasteiger partial charge in [-0.15, -0.1) is 0 Å². The van der Waals surface area contributed by atoms with Gasteiger partial charge in [0.25, 0.3) is 0 Å². The lowest BCUT2D eigenvalue weighted by molar-refractivity contribution is 0.432. The van der Waals surface area contributed by atoms with Gasteiger partial charge < -0.3 is 9.73 Å². The van der Waals surface area contributed by atoms with Gasteiger partial charge in [0.1, 0.15) is 11.6 Å². The van der Waals surface area contributed by atoms with Gasteiger partial charge in [-0.2, -0.15) is 0 Å². The van der Waals surface area contributed by atoms with E-state index in [0.29, 0.717) is 12.4 Å². The van der Waals surface area contributed by atoms with Gasteiger partial charge in [0.05, 0.1) is 17.3 Å². The molecule has 0 aliphatic rings. The lowest BCUT2D eigenvalue weighted by atomic mass is 10.1. The van der Waals surface area contributed by atoms with Gasteiger partial charge in [-0.25, -0.2) is 9.37 Å². The Kier molecular flexibility index (Phi) is 4.22. The van der Waals surface area contributed by atoms with Crippen molar-refractivity contribution in [3.63, 3.8) is 0 Å². The lowest BCUT2D eigenvalue weighted by Crippen LogP contribution is -2.18. The third-order valence-corrected chi connectivity index (χ3v) is 3.37. The molecule has 1 aromatic heterocycles. The SMILES string of the molecule is Cc1nc(CNC(C)c2ccc(F)c(Cl)c2)oc1C.